The monoisotopic (exact) mass is 185 g/mol. The third-order valence-electron chi connectivity index (χ3n) is 3.02. The highest BCUT2D eigenvalue weighted by Crippen LogP contribution is 2.23. The molecule has 0 aromatic heterocycles. The number of hydrogen-bond acceptors (Lipinski definition) is 2. The van der Waals surface area contributed by atoms with Gasteiger partial charge in [0, 0.05) is 12.6 Å². The Hall–Kier alpha value is -0.0800. The second-order valence-electron chi connectivity index (χ2n) is 4.98. The molecule has 0 aromatic rings. The lowest BCUT2D eigenvalue weighted by atomic mass is 10.0. The van der Waals surface area contributed by atoms with E-state index in [9.17, 15) is 5.11 Å². The summed E-state index contributed by atoms with van der Waals surface area (Å²) in [5.41, 5.74) is -0.507. The number of hydrogen-bond donors (Lipinski definition) is 1. The molecule has 0 unspecified atom stereocenters. The zero-order valence-corrected chi connectivity index (χ0v) is 9.21. The molecule has 1 aliphatic rings. The maximum atomic E-state index is 9.58. The molecule has 0 heterocycles. The van der Waals surface area contributed by atoms with Crippen LogP contribution in [0, 0.1) is 0 Å². The van der Waals surface area contributed by atoms with E-state index in [1.165, 1.54) is 25.7 Å². The van der Waals surface area contributed by atoms with Gasteiger partial charge in [-0.2, -0.15) is 0 Å². The highest BCUT2D eigenvalue weighted by molar-refractivity contribution is 4.77. The molecule has 1 N–H and O–H groups in total. The van der Waals surface area contributed by atoms with E-state index in [1.807, 2.05) is 13.8 Å². The van der Waals surface area contributed by atoms with E-state index in [4.69, 9.17) is 0 Å². The van der Waals surface area contributed by atoms with Crippen LogP contribution in [0.4, 0.5) is 0 Å². The summed E-state index contributed by atoms with van der Waals surface area (Å²) in [6, 6.07) is 0.780. The Morgan fingerprint density at radius 2 is 1.85 bits per heavy atom. The third kappa shape index (κ3) is 4.10. The van der Waals surface area contributed by atoms with E-state index < -0.39 is 5.60 Å². The molecule has 2 heteroatoms. The topological polar surface area (TPSA) is 23.5 Å². The van der Waals surface area contributed by atoms with E-state index in [0.717, 1.165) is 19.0 Å². The van der Waals surface area contributed by atoms with Crippen LogP contribution < -0.4 is 0 Å². The smallest absolute Gasteiger partial charge is 0.0603 e. The quantitative estimate of drug-likeness (QED) is 0.724. The van der Waals surface area contributed by atoms with Crippen molar-refractivity contribution in [1.29, 1.82) is 0 Å². The predicted molar refractivity (Wildman–Crippen MR) is 55.8 cm³/mol. The average Bonchev–Trinajstić information content (AvgIpc) is 2.50. The lowest BCUT2D eigenvalue weighted by Gasteiger charge is -2.27. The Morgan fingerprint density at radius 3 is 2.31 bits per heavy atom. The van der Waals surface area contributed by atoms with Crippen LogP contribution in [0.3, 0.4) is 0 Å². The molecule has 0 amide bonds. The summed E-state index contributed by atoms with van der Waals surface area (Å²) < 4.78 is 0. The zero-order valence-electron chi connectivity index (χ0n) is 9.21. The van der Waals surface area contributed by atoms with Gasteiger partial charge in [0.2, 0.25) is 0 Å². The van der Waals surface area contributed by atoms with Crippen LogP contribution in [0.25, 0.3) is 0 Å². The van der Waals surface area contributed by atoms with Crippen LogP contribution in [-0.2, 0) is 0 Å². The molecule has 1 aliphatic carbocycles. The molecule has 0 aromatic carbocycles. The molecule has 1 rings (SSSR count). The molecular formula is C11H23NO. The van der Waals surface area contributed by atoms with E-state index >= 15 is 0 Å². The molecule has 1 fully saturated rings. The number of aliphatic hydroxyl groups is 1. The van der Waals surface area contributed by atoms with Gasteiger partial charge in [-0.15, -0.1) is 0 Å². The van der Waals surface area contributed by atoms with E-state index in [2.05, 4.69) is 11.9 Å². The number of nitrogens with zero attached hydrogens (tertiary/aromatic N) is 1. The lowest BCUT2D eigenvalue weighted by molar-refractivity contribution is 0.0559. The van der Waals surface area contributed by atoms with Crippen LogP contribution in [0.15, 0.2) is 0 Å². The van der Waals surface area contributed by atoms with Gasteiger partial charge in [0.25, 0.3) is 0 Å². The summed E-state index contributed by atoms with van der Waals surface area (Å²) >= 11 is 0. The normalized spacial score (nSPS) is 20.1. The summed E-state index contributed by atoms with van der Waals surface area (Å²) in [6.45, 7) is 4.79. The van der Waals surface area contributed by atoms with Crippen molar-refractivity contribution in [1.82, 2.24) is 4.90 Å². The van der Waals surface area contributed by atoms with Gasteiger partial charge in [-0.1, -0.05) is 12.8 Å². The molecule has 0 aliphatic heterocycles. The van der Waals surface area contributed by atoms with Crippen molar-refractivity contribution in [2.24, 2.45) is 0 Å². The maximum absolute atomic E-state index is 9.58. The van der Waals surface area contributed by atoms with Gasteiger partial charge >= 0.3 is 0 Å². The average molecular weight is 185 g/mol. The van der Waals surface area contributed by atoms with Crippen molar-refractivity contribution < 1.29 is 5.11 Å². The van der Waals surface area contributed by atoms with Gasteiger partial charge < -0.3 is 10.0 Å². The van der Waals surface area contributed by atoms with Crippen molar-refractivity contribution in [3.63, 3.8) is 0 Å². The fourth-order valence-electron chi connectivity index (χ4n) is 1.98. The first-order chi connectivity index (χ1) is 5.99. The zero-order chi connectivity index (χ0) is 9.90. The van der Waals surface area contributed by atoms with Crippen molar-refractivity contribution in [2.75, 3.05) is 13.6 Å². The molecular weight excluding hydrogens is 162 g/mol. The van der Waals surface area contributed by atoms with Crippen molar-refractivity contribution in [3.8, 4) is 0 Å². The fourth-order valence-corrected chi connectivity index (χ4v) is 1.98. The first kappa shape index (κ1) is 11.0. The minimum absolute atomic E-state index is 0.507. The summed E-state index contributed by atoms with van der Waals surface area (Å²) in [5, 5.41) is 9.58. The predicted octanol–water partition coefficient (Wildman–Crippen LogP) is 2.02. The van der Waals surface area contributed by atoms with Crippen molar-refractivity contribution in [3.05, 3.63) is 0 Å². The second kappa shape index (κ2) is 4.43. The van der Waals surface area contributed by atoms with Crippen LogP contribution in [0.1, 0.15) is 46.0 Å². The second-order valence-corrected chi connectivity index (χ2v) is 4.98. The Morgan fingerprint density at radius 1 is 1.31 bits per heavy atom. The van der Waals surface area contributed by atoms with Crippen LogP contribution in [-0.4, -0.2) is 35.2 Å². The number of rotatable bonds is 4. The lowest BCUT2D eigenvalue weighted by Crippen LogP contribution is -2.34. The Bertz CT molecular complexity index is 145. The van der Waals surface area contributed by atoms with Crippen molar-refractivity contribution in [2.45, 2.75) is 57.6 Å². The first-order valence-electron chi connectivity index (χ1n) is 5.42. The summed E-state index contributed by atoms with van der Waals surface area (Å²) in [6.07, 6.45) is 6.35. The Labute approximate surface area is 81.9 Å². The van der Waals surface area contributed by atoms with Gasteiger partial charge in [0.1, 0.15) is 0 Å². The van der Waals surface area contributed by atoms with Crippen molar-refractivity contribution >= 4 is 0 Å². The molecule has 13 heavy (non-hydrogen) atoms. The molecule has 0 radical (unpaired) electrons. The van der Waals surface area contributed by atoms with Crippen LogP contribution >= 0.6 is 0 Å². The van der Waals surface area contributed by atoms with Crippen LogP contribution in [0.5, 0.6) is 0 Å². The van der Waals surface area contributed by atoms with Gasteiger partial charge in [0.05, 0.1) is 5.60 Å². The van der Waals surface area contributed by atoms with E-state index in [0.29, 0.717) is 0 Å². The molecule has 0 spiro atoms. The van der Waals surface area contributed by atoms with Gasteiger partial charge in [-0.3, -0.25) is 0 Å². The summed E-state index contributed by atoms with van der Waals surface area (Å²) in [5.74, 6) is 0. The maximum Gasteiger partial charge on any atom is 0.0603 e. The highest BCUT2D eigenvalue weighted by Gasteiger charge is 2.21. The molecule has 1 saturated carbocycles. The third-order valence-corrected chi connectivity index (χ3v) is 3.02. The summed E-state index contributed by atoms with van der Waals surface area (Å²) in [7, 11) is 2.18. The van der Waals surface area contributed by atoms with E-state index in [1.54, 1.807) is 0 Å². The highest BCUT2D eigenvalue weighted by atomic mass is 16.3. The standard InChI is InChI=1S/C11H23NO/c1-11(2,13)8-9-12(3)10-6-4-5-7-10/h10,13H,4-9H2,1-3H3. The Kier molecular flexibility index (Phi) is 3.74. The fraction of sp³-hybridized carbons (Fsp3) is 1.00. The molecule has 0 bridgehead atoms. The molecule has 0 atom stereocenters. The summed E-state index contributed by atoms with van der Waals surface area (Å²) in [4.78, 5) is 2.41. The minimum Gasteiger partial charge on any atom is -0.390 e. The van der Waals surface area contributed by atoms with Gasteiger partial charge in [0.15, 0.2) is 0 Å². The molecule has 78 valence electrons. The first-order valence-corrected chi connectivity index (χ1v) is 5.42. The van der Waals surface area contributed by atoms with E-state index in [-0.39, 0.29) is 0 Å². The Balaban J connectivity index is 2.20. The van der Waals surface area contributed by atoms with Gasteiger partial charge in [-0.05, 0) is 40.2 Å². The molecule has 2 nitrogen and oxygen atoms in total. The van der Waals surface area contributed by atoms with Gasteiger partial charge in [-0.25, -0.2) is 0 Å². The van der Waals surface area contributed by atoms with Crippen LogP contribution in [0.2, 0.25) is 0 Å². The SMILES string of the molecule is CN(CCC(C)(C)O)C1CCCC1. The molecule has 0 saturated heterocycles. The largest absolute Gasteiger partial charge is 0.390 e. The minimum atomic E-state index is -0.507.